The molecule has 1 heterocycles. The van der Waals surface area contributed by atoms with Crippen molar-refractivity contribution in [2.45, 2.75) is 13.1 Å². The fourth-order valence-corrected chi connectivity index (χ4v) is 1.85. The summed E-state index contributed by atoms with van der Waals surface area (Å²) >= 11 is 0. The second kappa shape index (κ2) is 5.39. The van der Waals surface area contributed by atoms with Crippen LogP contribution in [0.4, 0.5) is 5.69 Å². The summed E-state index contributed by atoms with van der Waals surface area (Å²) in [6, 6.07) is 11.7. The van der Waals surface area contributed by atoms with Gasteiger partial charge in [0.25, 0.3) is 0 Å². The van der Waals surface area contributed by atoms with Gasteiger partial charge in [-0.25, -0.2) is 0 Å². The number of furan rings is 1. The van der Waals surface area contributed by atoms with Crippen molar-refractivity contribution < 1.29 is 4.42 Å². The number of hydrogen-bond donors (Lipinski definition) is 1. The minimum absolute atomic E-state index is 0.441. The third-order valence-electron chi connectivity index (χ3n) is 2.80. The van der Waals surface area contributed by atoms with Gasteiger partial charge in [-0.05, 0) is 29.8 Å². The fraction of sp³-hybridized carbons (Fsp3) is 0.214. The first-order valence-corrected chi connectivity index (χ1v) is 5.71. The van der Waals surface area contributed by atoms with Gasteiger partial charge in [-0.2, -0.15) is 5.26 Å². The molecule has 0 saturated heterocycles. The average molecular weight is 241 g/mol. The van der Waals surface area contributed by atoms with E-state index in [1.165, 1.54) is 0 Å². The molecule has 92 valence electrons. The smallest absolute Gasteiger partial charge is 0.123 e. The summed E-state index contributed by atoms with van der Waals surface area (Å²) in [6.07, 6.45) is 1.64. The Hall–Kier alpha value is -2.25. The SMILES string of the molecule is CN(Cc1ccco1)c1ccc(CN)cc1C#N. The molecule has 0 unspecified atom stereocenters. The molecule has 0 saturated carbocycles. The molecular weight excluding hydrogens is 226 g/mol. The Balaban J connectivity index is 2.24. The number of anilines is 1. The molecule has 0 spiro atoms. The molecule has 0 fully saturated rings. The van der Waals surface area contributed by atoms with E-state index in [9.17, 15) is 5.26 Å². The lowest BCUT2D eigenvalue weighted by Gasteiger charge is -2.19. The van der Waals surface area contributed by atoms with Gasteiger partial charge in [-0.3, -0.25) is 0 Å². The number of rotatable bonds is 4. The lowest BCUT2D eigenvalue weighted by molar-refractivity contribution is 0.507. The number of benzene rings is 1. The van der Waals surface area contributed by atoms with Crippen LogP contribution >= 0.6 is 0 Å². The molecule has 2 N–H and O–H groups in total. The first-order chi connectivity index (χ1) is 8.74. The molecule has 0 atom stereocenters. The van der Waals surface area contributed by atoms with E-state index in [1.807, 2.05) is 42.3 Å². The van der Waals surface area contributed by atoms with Gasteiger partial charge in [-0.1, -0.05) is 6.07 Å². The molecule has 2 rings (SSSR count). The molecule has 2 aromatic rings. The van der Waals surface area contributed by atoms with E-state index in [2.05, 4.69) is 6.07 Å². The molecule has 1 aromatic carbocycles. The van der Waals surface area contributed by atoms with Gasteiger partial charge in [0.2, 0.25) is 0 Å². The summed E-state index contributed by atoms with van der Waals surface area (Å²) in [4.78, 5) is 1.98. The van der Waals surface area contributed by atoms with Gasteiger partial charge in [0.1, 0.15) is 11.8 Å². The van der Waals surface area contributed by atoms with E-state index >= 15 is 0 Å². The van der Waals surface area contributed by atoms with Crippen LogP contribution in [0.5, 0.6) is 0 Å². The number of nitrogens with zero attached hydrogens (tertiary/aromatic N) is 2. The molecule has 0 aliphatic heterocycles. The second-order valence-electron chi connectivity index (χ2n) is 4.10. The monoisotopic (exact) mass is 241 g/mol. The van der Waals surface area contributed by atoms with Crippen molar-refractivity contribution in [3.8, 4) is 6.07 Å². The van der Waals surface area contributed by atoms with Crippen LogP contribution < -0.4 is 10.6 Å². The van der Waals surface area contributed by atoms with Gasteiger partial charge in [0, 0.05) is 13.6 Å². The number of nitrogens with two attached hydrogens (primary N) is 1. The Bertz CT molecular complexity index is 555. The molecule has 4 nitrogen and oxygen atoms in total. The maximum absolute atomic E-state index is 9.17. The molecule has 0 bridgehead atoms. The summed E-state index contributed by atoms with van der Waals surface area (Å²) in [6.45, 7) is 1.07. The van der Waals surface area contributed by atoms with Crippen molar-refractivity contribution >= 4 is 5.69 Å². The Morgan fingerprint density at radius 3 is 2.83 bits per heavy atom. The first kappa shape index (κ1) is 12.2. The number of hydrogen-bond acceptors (Lipinski definition) is 4. The Morgan fingerprint density at radius 2 is 2.22 bits per heavy atom. The van der Waals surface area contributed by atoms with Gasteiger partial charge in [0.05, 0.1) is 24.1 Å². The maximum atomic E-state index is 9.17. The van der Waals surface area contributed by atoms with E-state index in [1.54, 1.807) is 6.26 Å². The zero-order chi connectivity index (χ0) is 13.0. The van der Waals surface area contributed by atoms with Gasteiger partial charge in [-0.15, -0.1) is 0 Å². The van der Waals surface area contributed by atoms with Crippen LogP contribution in [0.15, 0.2) is 41.0 Å². The zero-order valence-electron chi connectivity index (χ0n) is 10.3. The molecule has 0 aliphatic rings. The van der Waals surface area contributed by atoms with Crippen LogP contribution in [-0.4, -0.2) is 7.05 Å². The van der Waals surface area contributed by atoms with Crippen LogP contribution in [0.3, 0.4) is 0 Å². The molecule has 1 aromatic heterocycles. The summed E-state index contributed by atoms with van der Waals surface area (Å²) in [5, 5.41) is 9.17. The first-order valence-electron chi connectivity index (χ1n) is 5.71. The molecule has 18 heavy (non-hydrogen) atoms. The van der Waals surface area contributed by atoms with E-state index in [-0.39, 0.29) is 0 Å². The van der Waals surface area contributed by atoms with E-state index < -0.39 is 0 Å². The molecule has 0 radical (unpaired) electrons. The summed E-state index contributed by atoms with van der Waals surface area (Å²) in [5.74, 6) is 0.865. The van der Waals surface area contributed by atoms with Crippen LogP contribution in [0, 0.1) is 11.3 Å². The predicted molar refractivity (Wildman–Crippen MR) is 69.9 cm³/mol. The van der Waals surface area contributed by atoms with Crippen molar-refractivity contribution in [2.75, 3.05) is 11.9 Å². The highest BCUT2D eigenvalue weighted by atomic mass is 16.3. The second-order valence-corrected chi connectivity index (χ2v) is 4.10. The van der Waals surface area contributed by atoms with E-state index in [4.69, 9.17) is 10.2 Å². The topological polar surface area (TPSA) is 66.2 Å². The summed E-state index contributed by atoms with van der Waals surface area (Å²) in [7, 11) is 1.93. The highest BCUT2D eigenvalue weighted by molar-refractivity contribution is 5.60. The predicted octanol–water partition coefficient (Wildman–Crippen LogP) is 2.25. The van der Waals surface area contributed by atoms with Crippen molar-refractivity contribution in [3.05, 3.63) is 53.5 Å². The average Bonchev–Trinajstić information content (AvgIpc) is 2.90. The minimum atomic E-state index is 0.441. The van der Waals surface area contributed by atoms with Crippen molar-refractivity contribution in [1.82, 2.24) is 0 Å². The summed E-state index contributed by atoms with van der Waals surface area (Å²) < 4.78 is 5.30. The van der Waals surface area contributed by atoms with Crippen LogP contribution in [-0.2, 0) is 13.1 Å². The largest absolute Gasteiger partial charge is 0.467 e. The Kier molecular flexibility index (Phi) is 3.66. The Labute approximate surface area is 106 Å². The minimum Gasteiger partial charge on any atom is -0.467 e. The van der Waals surface area contributed by atoms with Gasteiger partial charge in [0.15, 0.2) is 0 Å². The lowest BCUT2D eigenvalue weighted by atomic mass is 10.1. The van der Waals surface area contributed by atoms with Crippen molar-refractivity contribution in [1.29, 1.82) is 5.26 Å². The highest BCUT2D eigenvalue weighted by Crippen LogP contribution is 2.22. The zero-order valence-corrected chi connectivity index (χ0v) is 10.3. The van der Waals surface area contributed by atoms with E-state index in [0.29, 0.717) is 18.7 Å². The third-order valence-corrected chi connectivity index (χ3v) is 2.80. The molecular formula is C14H15N3O. The number of nitriles is 1. The molecule has 4 heteroatoms. The van der Waals surface area contributed by atoms with Gasteiger partial charge >= 0.3 is 0 Å². The quantitative estimate of drug-likeness (QED) is 0.891. The van der Waals surface area contributed by atoms with Gasteiger partial charge < -0.3 is 15.1 Å². The maximum Gasteiger partial charge on any atom is 0.123 e. The van der Waals surface area contributed by atoms with Crippen molar-refractivity contribution in [2.24, 2.45) is 5.73 Å². The third kappa shape index (κ3) is 2.53. The van der Waals surface area contributed by atoms with Crippen LogP contribution in [0.25, 0.3) is 0 Å². The standard InChI is InChI=1S/C14H15N3O/c1-17(10-13-3-2-6-18-13)14-5-4-11(8-15)7-12(14)9-16/h2-7H,8,10,15H2,1H3. The highest BCUT2D eigenvalue weighted by Gasteiger charge is 2.09. The fourth-order valence-electron chi connectivity index (χ4n) is 1.85. The Morgan fingerprint density at radius 1 is 1.39 bits per heavy atom. The normalized spacial score (nSPS) is 10.1. The van der Waals surface area contributed by atoms with Crippen LogP contribution in [0.1, 0.15) is 16.9 Å². The van der Waals surface area contributed by atoms with E-state index in [0.717, 1.165) is 17.0 Å². The lowest BCUT2D eigenvalue weighted by Crippen LogP contribution is -2.17. The van der Waals surface area contributed by atoms with Crippen molar-refractivity contribution in [3.63, 3.8) is 0 Å². The molecule has 0 aliphatic carbocycles. The summed E-state index contributed by atoms with van der Waals surface area (Å²) in [5.41, 5.74) is 8.04. The van der Waals surface area contributed by atoms with Crippen LogP contribution in [0.2, 0.25) is 0 Å². The molecule has 0 amide bonds.